The molecule has 6 heteroatoms. The van der Waals surface area contributed by atoms with Gasteiger partial charge in [-0.3, -0.25) is 4.79 Å². The largest absolute Gasteiger partial charge is 0.374 e. The molecular weight excluding hydrogens is 254 g/mol. The maximum absolute atomic E-state index is 13.5. The van der Waals surface area contributed by atoms with Crippen molar-refractivity contribution in [2.75, 3.05) is 33.3 Å². The molecule has 1 amide bonds. The number of nitrogens with one attached hydrogen (secondary N) is 1. The summed E-state index contributed by atoms with van der Waals surface area (Å²) in [5.74, 6) is -2.37. The van der Waals surface area contributed by atoms with E-state index >= 15 is 0 Å². The van der Waals surface area contributed by atoms with Crippen LogP contribution in [-0.2, 0) is 4.74 Å². The molecule has 1 unspecified atom stereocenters. The summed E-state index contributed by atoms with van der Waals surface area (Å²) in [4.78, 5) is 13.3. The zero-order valence-corrected chi connectivity index (χ0v) is 10.7. The van der Waals surface area contributed by atoms with Crippen molar-refractivity contribution >= 4 is 5.91 Å². The van der Waals surface area contributed by atoms with Crippen LogP contribution in [-0.4, -0.2) is 50.2 Å². The van der Waals surface area contributed by atoms with Gasteiger partial charge in [-0.2, -0.15) is 0 Å². The maximum atomic E-state index is 13.5. The first-order chi connectivity index (χ1) is 9.09. The fourth-order valence-corrected chi connectivity index (χ4v) is 2.02. The van der Waals surface area contributed by atoms with Crippen LogP contribution in [0.1, 0.15) is 10.4 Å². The van der Waals surface area contributed by atoms with Crippen LogP contribution in [0.25, 0.3) is 0 Å². The van der Waals surface area contributed by atoms with Gasteiger partial charge in [0.2, 0.25) is 0 Å². The first-order valence-corrected chi connectivity index (χ1v) is 6.11. The Morgan fingerprint density at radius 2 is 2.16 bits per heavy atom. The molecule has 1 aliphatic rings. The Morgan fingerprint density at radius 3 is 2.74 bits per heavy atom. The second-order valence-corrected chi connectivity index (χ2v) is 4.48. The molecule has 0 aliphatic carbocycles. The average Bonchev–Trinajstić information content (AvgIpc) is 2.39. The monoisotopic (exact) mass is 270 g/mol. The van der Waals surface area contributed by atoms with Crippen LogP contribution in [0.4, 0.5) is 8.78 Å². The van der Waals surface area contributed by atoms with Crippen LogP contribution in [0.5, 0.6) is 0 Å². The Bertz CT molecular complexity index is 442. The molecular formula is C13H16F2N2O2. The van der Waals surface area contributed by atoms with Gasteiger partial charge < -0.3 is 15.0 Å². The second-order valence-electron chi connectivity index (χ2n) is 4.48. The van der Waals surface area contributed by atoms with E-state index in [1.807, 2.05) is 0 Å². The lowest BCUT2D eigenvalue weighted by Crippen LogP contribution is -2.46. The average molecular weight is 270 g/mol. The number of benzene rings is 1. The highest BCUT2D eigenvalue weighted by Crippen LogP contribution is 2.14. The van der Waals surface area contributed by atoms with E-state index in [0.717, 1.165) is 18.7 Å². The predicted octanol–water partition coefficient (Wildman–Crippen LogP) is 1.03. The third-order valence-electron chi connectivity index (χ3n) is 3.01. The van der Waals surface area contributed by atoms with E-state index < -0.39 is 23.1 Å². The van der Waals surface area contributed by atoms with E-state index in [4.69, 9.17) is 4.74 Å². The molecule has 1 N–H and O–H groups in total. The number of amides is 1. The molecule has 0 bridgehead atoms. The maximum Gasteiger partial charge on any atom is 0.259 e. The lowest BCUT2D eigenvalue weighted by molar-refractivity contribution is 0.0102. The first-order valence-electron chi connectivity index (χ1n) is 6.11. The fraction of sp³-hybridized carbons (Fsp3) is 0.462. The van der Waals surface area contributed by atoms with Crippen molar-refractivity contribution < 1.29 is 18.3 Å². The van der Waals surface area contributed by atoms with Crippen LogP contribution in [0.3, 0.4) is 0 Å². The van der Waals surface area contributed by atoms with Crippen molar-refractivity contribution in [1.29, 1.82) is 0 Å². The van der Waals surface area contributed by atoms with Gasteiger partial charge in [0.15, 0.2) is 0 Å². The van der Waals surface area contributed by atoms with Gasteiger partial charge in [0.25, 0.3) is 5.91 Å². The summed E-state index contributed by atoms with van der Waals surface area (Å²) < 4.78 is 32.5. The third-order valence-corrected chi connectivity index (χ3v) is 3.01. The van der Waals surface area contributed by atoms with Crippen LogP contribution in [0, 0.1) is 11.6 Å². The van der Waals surface area contributed by atoms with Gasteiger partial charge in [-0.05, 0) is 12.1 Å². The highest BCUT2D eigenvalue weighted by molar-refractivity contribution is 5.94. The van der Waals surface area contributed by atoms with Gasteiger partial charge in [0.05, 0.1) is 12.7 Å². The molecule has 1 saturated heterocycles. The minimum atomic E-state index is -0.848. The van der Waals surface area contributed by atoms with Gasteiger partial charge >= 0.3 is 0 Å². The number of carbonyl (C=O) groups excluding carboxylic acids is 1. The van der Waals surface area contributed by atoms with Crippen molar-refractivity contribution in [3.8, 4) is 0 Å². The Kier molecular flexibility index (Phi) is 4.44. The summed E-state index contributed by atoms with van der Waals surface area (Å²) in [6.07, 6.45) is -0.155. The van der Waals surface area contributed by atoms with Gasteiger partial charge in [0.1, 0.15) is 17.2 Å². The molecule has 19 heavy (non-hydrogen) atoms. The topological polar surface area (TPSA) is 41.6 Å². The van der Waals surface area contributed by atoms with Gasteiger partial charge in [-0.15, -0.1) is 0 Å². The minimum absolute atomic E-state index is 0.155. The number of hydrogen-bond acceptors (Lipinski definition) is 3. The van der Waals surface area contributed by atoms with Crippen LogP contribution >= 0.6 is 0 Å². The number of rotatable bonds is 3. The number of carbonyl (C=O) groups is 1. The van der Waals surface area contributed by atoms with E-state index in [-0.39, 0.29) is 6.10 Å². The van der Waals surface area contributed by atoms with Gasteiger partial charge in [0, 0.05) is 26.7 Å². The molecule has 104 valence electrons. The highest BCUT2D eigenvalue weighted by atomic mass is 19.1. The molecule has 1 fully saturated rings. The van der Waals surface area contributed by atoms with Crippen molar-refractivity contribution in [1.82, 2.24) is 10.2 Å². The molecule has 0 spiro atoms. The summed E-state index contributed by atoms with van der Waals surface area (Å²) >= 11 is 0. The Balaban J connectivity index is 2.06. The normalized spacial score (nSPS) is 19.2. The van der Waals surface area contributed by atoms with E-state index in [9.17, 15) is 13.6 Å². The quantitative estimate of drug-likeness (QED) is 0.892. The molecule has 0 radical (unpaired) electrons. The Morgan fingerprint density at radius 1 is 1.47 bits per heavy atom. The van der Waals surface area contributed by atoms with Crippen molar-refractivity contribution in [3.63, 3.8) is 0 Å². The number of ether oxygens (including phenoxy) is 1. The summed E-state index contributed by atoms with van der Waals surface area (Å²) in [5, 5.41) is 3.13. The molecule has 1 aliphatic heterocycles. The van der Waals surface area contributed by atoms with Crippen LogP contribution < -0.4 is 5.32 Å². The molecule has 0 aromatic heterocycles. The van der Waals surface area contributed by atoms with E-state index in [2.05, 4.69) is 5.32 Å². The number of morpholine rings is 1. The van der Waals surface area contributed by atoms with Crippen molar-refractivity contribution in [2.45, 2.75) is 6.10 Å². The summed E-state index contributed by atoms with van der Waals surface area (Å²) in [6, 6.07) is 3.38. The predicted molar refractivity (Wildman–Crippen MR) is 65.9 cm³/mol. The lowest BCUT2D eigenvalue weighted by Gasteiger charge is -2.28. The molecule has 2 rings (SSSR count). The summed E-state index contributed by atoms with van der Waals surface area (Å²) in [5.41, 5.74) is -0.520. The molecule has 1 atom stereocenters. The number of hydrogen-bond donors (Lipinski definition) is 1. The zero-order valence-electron chi connectivity index (χ0n) is 10.7. The molecule has 1 aromatic carbocycles. The van der Waals surface area contributed by atoms with E-state index in [1.54, 1.807) is 0 Å². The number of nitrogens with zero attached hydrogens (tertiary/aromatic N) is 1. The van der Waals surface area contributed by atoms with Crippen LogP contribution in [0.15, 0.2) is 18.2 Å². The van der Waals surface area contributed by atoms with E-state index in [0.29, 0.717) is 19.7 Å². The van der Waals surface area contributed by atoms with E-state index in [1.165, 1.54) is 18.0 Å². The minimum Gasteiger partial charge on any atom is -0.374 e. The summed E-state index contributed by atoms with van der Waals surface area (Å²) in [7, 11) is 1.51. The number of likely N-dealkylation sites (N-methyl/N-ethyl adjacent to an activating group) is 1. The third kappa shape index (κ3) is 3.27. The molecule has 1 heterocycles. The van der Waals surface area contributed by atoms with Crippen LogP contribution in [0.2, 0.25) is 0 Å². The smallest absolute Gasteiger partial charge is 0.259 e. The molecule has 1 aromatic rings. The first kappa shape index (κ1) is 13.9. The fourth-order valence-electron chi connectivity index (χ4n) is 2.02. The SMILES string of the molecule is CN(CC1CNCCO1)C(=O)c1c(F)cccc1F. The molecule has 0 saturated carbocycles. The summed E-state index contributed by atoms with van der Waals surface area (Å²) in [6.45, 7) is 2.26. The molecule has 4 nitrogen and oxygen atoms in total. The number of halogens is 2. The Hall–Kier alpha value is -1.53. The van der Waals surface area contributed by atoms with Crippen molar-refractivity contribution in [2.24, 2.45) is 0 Å². The second kappa shape index (κ2) is 6.08. The Labute approximate surface area is 110 Å². The highest BCUT2D eigenvalue weighted by Gasteiger charge is 2.23. The lowest BCUT2D eigenvalue weighted by atomic mass is 10.1. The van der Waals surface area contributed by atoms with Crippen molar-refractivity contribution in [3.05, 3.63) is 35.4 Å². The van der Waals surface area contributed by atoms with Gasteiger partial charge in [-0.25, -0.2) is 8.78 Å². The zero-order chi connectivity index (χ0) is 13.8. The van der Waals surface area contributed by atoms with Gasteiger partial charge in [-0.1, -0.05) is 6.07 Å². The standard InChI is InChI=1S/C13H16F2N2O2/c1-17(8-9-7-16-5-6-19-9)13(18)12-10(14)3-2-4-11(12)15/h2-4,9,16H,5-8H2,1H3.